The molecule has 1 N–H and O–H groups in total. The summed E-state index contributed by atoms with van der Waals surface area (Å²) in [6, 6.07) is 16.4. The first-order chi connectivity index (χ1) is 8.83. The van der Waals surface area contributed by atoms with Gasteiger partial charge in [0.25, 0.3) is 0 Å². The van der Waals surface area contributed by atoms with Crippen molar-refractivity contribution in [3.05, 3.63) is 63.9 Å². The molecule has 2 nitrogen and oxygen atoms in total. The molecule has 0 aliphatic heterocycles. The van der Waals surface area contributed by atoms with Crippen LogP contribution in [0, 0.1) is 3.57 Å². The van der Waals surface area contributed by atoms with E-state index in [1.165, 1.54) is 8.96 Å². The van der Waals surface area contributed by atoms with Gasteiger partial charge in [0.1, 0.15) is 0 Å². The van der Waals surface area contributed by atoms with Crippen molar-refractivity contribution in [2.24, 2.45) is 4.99 Å². The number of fused-ring (bicyclic) bond motifs is 1. The molecule has 0 atom stereocenters. The van der Waals surface area contributed by atoms with E-state index in [0.29, 0.717) is 0 Å². The van der Waals surface area contributed by atoms with E-state index in [1.807, 2.05) is 36.7 Å². The van der Waals surface area contributed by atoms with E-state index in [9.17, 15) is 0 Å². The maximum Gasteiger partial charge on any atom is 0.0630 e. The van der Waals surface area contributed by atoms with Crippen LogP contribution in [0.4, 0.5) is 5.69 Å². The van der Waals surface area contributed by atoms with E-state index in [-0.39, 0.29) is 0 Å². The Morgan fingerprint density at radius 3 is 2.61 bits per heavy atom. The zero-order valence-electron chi connectivity index (χ0n) is 9.60. The van der Waals surface area contributed by atoms with E-state index in [1.54, 1.807) is 0 Å². The second-order valence-corrected chi connectivity index (χ2v) is 5.27. The largest absolute Gasteiger partial charge is 0.361 e. The fraction of sp³-hybridized carbons (Fsp3) is 0. The first-order valence-corrected chi connectivity index (χ1v) is 6.76. The third-order valence-electron chi connectivity index (χ3n) is 2.80. The van der Waals surface area contributed by atoms with Gasteiger partial charge < -0.3 is 4.98 Å². The lowest BCUT2D eigenvalue weighted by molar-refractivity contribution is 1.46. The zero-order valence-corrected chi connectivity index (χ0v) is 11.8. The molecule has 18 heavy (non-hydrogen) atoms. The minimum absolute atomic E-state index is 0.973. The molecule has 88 valence electrons. The molecule has 1 aromatic heterocycles. The van der Waals surface area contributed by atoms with Crippen LogP contribution < -0.4 is 0 Å². The Balaban J connectivity index is 1.94. The number of nitrogens with zero attached hydrogens (tertiary/aromatic N) is 1. The van der Waals surface area contributed by atoms with Crippen molar-refractivity contribution in [1.82, 2.24) is 4.98 Å². The number of para-hydroxylation sites is 1. The number of aliphatic imine (C=N–C) groups is 1. The summed E-state index contributed by atoms with van der Waals surface area (Å²) >= 11 is 2.29. The molecule has 0 fully saturated rings. The fourth-order valence-corrected chi connectivity index (χ4v) is 2.23. The van der Waals surface area contributed by atoms with Crippen LogP contribution in [0.2, 0.25) is 0 Å². The second kappa shape index (κ2) is 4.94. The van der Waals surface area contributed by atoms with Gasteiger partial charge in [0.05, 0.1) is 5.69 Å². The predicted octanol–water partition coefficient (Wildman–Crippen LogP) is 4.52. The molecule has 2 aromatic carbocycles. The summed E-state index contributed by atoms with van der Waals surface area (Å²) in [5.74, 6) is 0. The molecular weight excluding hydrogens is 335 g/mol. The Labute approximate surface area is 119 Å². The van der Waals surface area contributed by atoms with Crippen molar-refractivity contribution in [3.63, 3.8) is 0 Å². The Morgan fingerprint density at radius 1 is 1.00 bits per heavy atom. The molecule has 0 spiro atoms. The number of hydrogen-bond donors (Lipinski definition) is 1. The van der Waals surface area contributed by atoms with Gasteiger partial charge in [-0.3, -0.25) is 4.99 Å². The van der Waals surface area contributed by atoms with Crippen molar-refractivity contribution >= 4 is 45.4 Å². The Morgan fingerprint density at radius 2 is 1.78 bits per heavy atom. The summed E-state index contributed by atoms with van der Waals surface area (Å²) < 4.78 is 1.22. The number of hydrogen-bond acceptors (Lipinski definition) is 1. The second-order valence-electron chi connectivity index (χ2n) is 4.02. The topological polar surface area (TPSA) is 28.1 Å². The van der Waals surface area contributed by atoms with Crippen molar-refractivity contribution < 1.29 is 0 Å². The van der Waals surface area contributed by atoms with Gasteiger partial charge >= 0.3 is 0 Å². The third kappa shape index (κ3) is 2.31. The van der Waals surface area contributed by atoms with Gasteiger partial charge in [0.15, 0.2) is 0 Å². The first kappa shape index (κ1) is 11.5. The smallest absolute Gasteiger partial charge is 0.0630 e. The highest BCUT2D eigenvalue weighted by atomic mass is 127. The molecule has 0 amide bonds. The minimum Gasteiger partial charge on any atom is -0.361 e. The maximum absolute atomic E-state index is 4.49. The van der Waals surface area contributed by atoms with Crippen LogP contribution in [0.25, 0.3) is 10.9 Å². The van der Waals surface area contributed by atoms with Gasteiger partial charge in [-0.05, 0) is 52.9 Å². The lowest BCUT2D eigenvalue weighted by atomic mass is 10.2. The zero-order chi connectivity index (χ0) is 12.4. The van der Waals surface area contributed by atoms with Crippen molar-refractivity contribution in [1.29, 1.82) is 0 Å². The molecule has 3 aromatic rings. The lowest BCUT2D eigenvalue weighted by Crippen LogP contribution is -1.77. The van der Waals surface area contributed by atoms with Crippen LogP contribution in [0.3, 0.4) is 0 Å². The first-order valence-electron chi connectivity index (χ1n) is 5.69. The van der Waals surface area contributed by atoms with Crippen LogP contribution in [0.1, 0.15) is 5.56 Å². The van der Waals surface area contributed by atoms with Crippen molar-refractivity contribution in [2.45, 2.75) is 0 Å². The monoisotopic (exact) mass is 346 g/mol. The summed E-state index contributed by atoms with van der Waals surface area (Å²) in [5.41, 5.74) is 3.23. The van der Waals surface area contributed by atoms with Crippen LogP contribution in [-0.4, -0.2) is 11.2 Å². The molecule has 0 saturated carbocycles. The number of aromatic amines is 1. The van der Waals surface area contributed by atoms with Crippen LogP contribution in [-0.2, 0) is 0 Å². The summed E-state index contributed by atoms with van der Waals surface area (Å²) in [6.45, 7) is 0. The predicted molar refractivity (Wildman–Crippen MR) is 84.7 cm³/mol. The van der Waals surface area contributed by atoms with Gasteiger partial charge in [0.2, 0.25) is 0 Å². The maximum atomic E-state index is 4.49. The fourth-order valence-electron chi connectivity index (χ4n) is 1.87. The Bertz CT molecular complexity index is 696. The van der Waals surface area contributed by atoms with E-state index in [2.05, 4.69) is 56.8 Å². The Kier molecular flexibility index (Phi) is 3.15. The number of H-pyrrole nitrogens is 1. The average molecular weight is 346 g/mol. The molecule has 0 aliphatic rings. The normalized spacial score (nSPS) is 11.4. The van der Waals surface area contributed by atoms with Crippen LogP contribution >= 0.6 is 22.6 Å². The number of benzene rings is 2. The van der Waals surface area contributed by atoms with Crippen molar-refractivity contribution in [3.8, 4) is 0 Å². The molecular formula is C15H11IN2. The summed E-state index contributed by atoms with van der Waals surface area (Å²) in [4.78, 5) is 7.73. The number of rotatable bonds is 2. The molecule has 0 aliphatic carbocycles. The van der Waals surface area contributed by atoms with E-state index >= 15 is 0 Å². The number of nitrogens with one attached hydrogen (secondary N) is 1. The van der Waals surface area contributed by atoms with E-state index in [0.717, 1.165) is 16.8 Å². The molecule has 0 saturated heterocycles. The molecule has 3 heteroatoms. The standard InChI is InChI=1S/C15H11IN2/c16-12-5-7-13(8-6-12)17-9-11-10-18-15-4-2-1-3-14(11)15/h1-10,18H. The summed E-state index contributed by atoms with van der Waals surface area (Å²) in [7, 11) is 0. The van der Waals surface area contributed by atoms with Gasteiger partial charge in [-0.1, -0.05) is 18.2 Å². The van der Waals surface area contributed by atoms with Gasteiger partial charge in [-0.15, -0.1) is 0 Å². The third-order valence-corrected chi connectivity index (χ3v) is 3.52. The average Bonchev–Trinajstić information content (AvgIpc) is 2.82. The van der Waals surface area contributed by atoms with Crippen LogP contribution in [0.15, 0.2) is 59.7 Å². The highest BCUT2D eigenvalue weighted by molar-refractivity contribution is 14.1. The molecule has 0 radical (unpaired) electrons. The van der Waals surface area contributed by atoms with Crippen molar-refractivity contribution in [2.75, 3.05) is 0 Å². The SMILES string of the molecule is Ic1ccc(N=Cc2c[nH]c3ccccc23)cc1. The molecule has 0 unspecified atom stereocenters. The number of aromatic nitrogens is 1. The Hall–Kier alpha value is -1.62. The quantitative estimate of drug-likeness (QED) is 0.522. The number of halogens is 1. The lowest BCUT2D eigenvalue weighted by Gasteiger charge is -1.94. The molecule has 1 heterocycles. The van der Waals surface area contributed by atoms with Gasteiger partial charge in [-0.25, -0.2) is 0 Å². The van der Waals surface area contributed by atoms with Crippen LogP contribution in [0.5, 0.6) is 0 Å². The van der Waals surface area contributed by atoms with E-state index < -0.39 is 0 Å². The van der Waals surface area contributed by atoms with Gasteiger partial charge in [0, 0.05) is 32.4 Å². The van der Waals surface area contributed by atoms with E-state index in [4.69, 9.17) is 0 Å². The highest BCUT2D eigenvalue weighted by Crippen LogP contribution is 2.18. The summed E-state index contributed by atoms with van der Waals surface area (Å²) in [6.07, 6.45) is 3.89. The molecule has 0 bridgehead atoms. The van der Waals surface area contributed by atoms with Gasteiger partial charge in [-0.2, -0.15) is 0 Å². The highest BCUT2D eigenvalue weighted by Gasteiger charge is 1.99. The minimum atomic E-state index is 0.973. The summed E-state index contributed by atoms with van der Waals surface area (Å²) in [5, 5.41) is 1.20. The molecule has 3 rings (SSSR count).